The van der Waals surface area contributed by atoms with Crippen molar-refractivity contribution in [3.8, 4) is 0 Å². The quantitative estimate of drug-likeness (QED) is 0.792. The first kappa shape index (κ1) is 9.96. The Hall–Kier alpha value is -1.58. The van der Waals surface area contributed by atoms with Crippen molar-refractivity contribution in [3.63, 3.8) is 0 Å². The van der Waals surface area contributed by atoms with Crippen LogP contribution in [0, 0.1) is 5.92 Å². The van der Waals surface area contributed by atoms with Crippen LogP contribution in [0.1, 0.15) is 35.6 Å². The van der Waals surface area contributed by atoms with Gasteiger partial charge in [-0.3, -0.25) is 14.2 Å². The lowest BCUT2D eigenvalue weighted by Crippen LogP contribution is -2.49. The standard InChI is InChI=1S/C11H14N2O2/c1-7(2)6-8-11(15)13-5-3-4-9(13)10(14)12-8/h3-5,7-8H,6H2,1-2H3,(H,12,14). The van der Waals surface area contributed by atoms with E-state index in [9.17, 15) is 9.59 Å². The molecule has 0 bridgehead atoms. The molecule has 1 N–H and O–H groups in total. The van der Waals surface area contributed by atoms with Gasteiger partial charge in [0, 0.05) is 6.20 Å². The van der Waals surface area contributed by atoms with Gasteiger partial charge < -0.3 is 5.32 Å². The van der Waals surface area contributed by atoms with E-state index in [2.05, 4.69) is 5.32 Å². The number of hydrogen-bond donors (Lipinski definition) is 1. The molecule has 1 atom stereocenters. The van der Waals surface area contributed by atoms with Crippen molar-refractivity contribution < 1.29 is 9.59 Å². The van der Waals surface area contributed by atoms with Crippen LogP contribution < -0.4 is 5.32 Å². The smallest absolute Gasteiger partial charge is 0.268 e. The number of carbonyl (C=O) groups is 2. The predicted octanol–water partition coefficient (Wildman–Crippen LogP) is 1.29. The lowest BCUT2D eigenvalue weighted by molar-refractivity contribution is 0.0737. The number of rotatable bonds is 2. The fourth-order valence-electron chi connectivity index (χ4n) is 1.85. The molecule has 4 nitrogen and oxygen atoms in total. The van der Waals surface area contributed by atoms with Gasteiger partial charge in [-0.25, -0.2) is 0 Å². The first-order valence-electron chi connectivity index (χ1n) is 5.12. The molecule has 1 aromatic rings. The van der Waals surface area contributed by atoms with Crippen LogP contribution in [0.5, 0.6) is 0 Å². The van der Waals surface area contributed by atoms with Crippen molar-refractivity contribution in [2.45, 2.75) is 26.3 Å². The summed E-state index contributed by atoms with van der Waals surface area (Å²) in [5.41, 5.74) is 0.431. The molecule has 1 aromatic heterocycles. The van der Waals surface area contributed by atoms with Gasteiger partial charge in [0.2, 0.25) is 0 Å². The summed E-state index contributed by atoms with van der Waals surface area (Å²) in [4.78, 5) is 23.5. The fourth-order valence-corrected chi connectivity index (χ4v) is 1.85. The Morgan fingerprint density at radius 1 is 1.47 bits per heavy atom. The molecule has 80 valence electrons. The van der Waals surface area contributed by atoms with Gasteiger partial charge >= 0.3 is 0 Å². The minimum absolute atomic E-state index is 0.0386. The van der Waals surface area contributed by atoms with Crippen molar-refractivity contribution in [3.05, 3.63) is 24.0 Å². The first-order valence-corrected chi connectivity index (χ1v) is 5.12. The first-order chi connectivity index (χ1) is 7.09. The van der Waals surface area contributed by atoms with Crippen LogP contribution >= 0.6 is 0 Å². The third-order valence-electron chi connectivity index (χ3n) is 2.53. The molecule has 15 heavy (non-hydrogen) atoms. The van der Waals surface area contributed by atoms with E-state index in [1.54, 1.807) is 18.3 Å². The number of aromatic nitrogens is 1. The number of nitrogens with one attached hydrogen (secondary N) is 1. The van der Waals surface area contributed by atoms with Gasteiger partial charge in [0.05, 0.1) is 0 Å². The Bertz CT molecular complexity index is 406. The molecule has 0 saturated heterocycles. The van der Waals surface area contributed by atoms with E-state index in [0.717, 1.165) is 0 Å². The topological polar surface area (TPSA) is 51.1 Å². The normalized spacial score (nSPS) is 20.3. The van der Waals surface area contributed by atoms with Crippen molar-refractivity contribution in [2.75, 3.05) is 0 Å². The maximum absolute atomic E-state index is 11.9. The van der Waals surface area contributed by atoms with Gasteiger partial charge in [-0.2, -0.15) is 0 Å². The molecule has 1 aliphatic rings. The molecule has 0 aromatic carbocycles. The maximum atomic E-state index is 11.9. The SMILES string of the molecule is CC(C)CC1NC(=O)c2cccn2C1=O. The van der Waals surface area contributed by atoms with Gasteiger partial charge in [-0.1, -0.05) is 13.8 Å². The zero-order chi connectivity index (χ0) is 11.0. The van der Waals surface area contributed by atoms with E-state index >= 15 is 0 Å². The van der Waals surface area contributed by atoms with Crippen LogP contribution in [0.4, 0.5) is 0 Å². The minimum atomic E-state index is -0.377. The molecule has 0 radical (unpaired) electrons. The molecule has 0 aliphatic carbocycles. The highest BCUT2D eigenvalue weighted by molar-refractivity contribution is 6.04. The van der Waals surface area contributed by atoms with Gasteiger partial charge in [0.1, 0.15) is 11.7 Å². The maximum Gasteiger partial charge on any atom is 0.268 e. The monoisotopic (exact) mass is 206 g/mol. The number of fused-ring (bicyclic) bond motifs is 1. The minimum Gasteiger partial charge on any atom is -0.339 e. The van der Waals surface area contributed by atoms with E-state index in [-0.39, 0.29) is 17.9 Å². The Balaban J connectivity index is 2.29. The molecular formula is C11H14N2O2. The van der Waals surface area contributed by atoms with Gasteiger partial charge in [0.25, 0.3) is 11.8 Å². The average molecular weight is 206 g/mol. The average Bonchev–Trinajstić information content (AvgIpc) is 2.61. The summed E-state index contributed by atoms with van der Waals surface area (Å²) in [5.74, 6) is 0.185. The second kappa shape index (κ2) is 3.53. The largest absolute Gasteiger partial charge is 0.339 e. The summed E-state index contributed by atoms with van der Waals surface area (Å²) in [6.07, 6.45) is 2.33. The van der Waals surface area contributed by atoms with E-state index in [4.69, 9.17) is 0 Å². The Labute approximate surface area is 88.3 Å². The van der Waals surface area contributed by atoms with E-state index in [1.807, 2.05) is 13.8 Å². The zero-order valence-corrected chi connectivity index (χ0v) is 8.86. The molecule has 1 amide bonds. The molecular weight excluding hydrogens is 192 g/mol. The lowest BCUT2D eigenvalue weighted by atomic mass is 10.0. The summed E-state index contributed by atoms with van der Waals surface area (Å²) < 4.78 is 1.44. The molecule has 0 fully saturated rings. The number of amides is 1. The fraction of sp³-hybridized carbons (Fsp3) is 0.455. The molecule has 1 unspecified atom stereocenters. The van der Waals surface area contributed by atoms with Crippen molar-refractivity contribution in [1.29, 1.82) is 0 Å². The highest BCUT2D eigenvalue weighted by Crippen LogP contribution is 2.14. The third kappa shape index (κ3) is 1.67. The summed E-state index contributed by atoms with van der Waals surface area (Å²) in [6.45, 7) is 4.06. The molecule has 0 spiro atoms. The van der Waals surface area contributed by atoms with E-state index in [1.165, 1.54) is 4.57 Å². The number of carbonyl (C=O) groups excluding carboxylic acids is 2. The van der Waals surface area contributed by atoms with Crippen molar-refractivity contribution >= 4 is 11.8 Å². The second-order valence-electron chi connectivity index (χ2n) is 4.26. The van der Waals surface area contributed by atoms with Crippen LogP contribution in [0.2, 0.25) is 0 Å². The lowest BCUT2D eigenvalue weighted by Gasteiger charge is -2.25. The summed E-state index contributed by atoms with van der Waals surface area (Å²) in [7, 11) is 0. The van der Waals surface area contributed by atoms with Gasteiger partial charge in [-0.15, -0.1) is 0 Å². The van der Waals surface area contributed by atoms with Crippen LogP contribution in [0.15, 0.2) is 18.3 Å². The third-order valence-corrected chi connectivity index (χ3v) is 2.53. The van der Waals surface area contributed by atoms with Gasteiger partial charge in [0.15, 0.2) is 0 Å². The predicted molar refractivity (Wildman–Crippen MR) is 55.8 cm³/mol. The van der Waals surface area contributed by atoms with E-state index in [0.29, 0.717) is 18.0 Å². The van der Waals surface area contributed by atoms with Crippen molar-refractivity contribution in [1.82, 2.24) is 9.88 Å². The second-order valence-corrected chi connectivity index (χ2v) is 4.26. The Kier molecular flexibility index (Phi) is 2.34. The highest BCUT2D eigenvalue weighted by atomic mass is 16.2. The molecule has 4 heteroatoms. The summed E-state index contributed by atoms with van der Waals surface area (Å²) >= 11 is 0. The molecule has 2 heterocycles. The highest BCUT2D eigenvalue weighted by Gasteiger charge is 2.31. The summed E-state index contributed by atoms with van der Waals surface area (Å²) in [6, 6.07) is 2.99. The summed E-state index contributed by atoms with van der Waals surface area (Å²) in [5, 5.41) is 2.73. The van der Waals surface area contributed by atoms with Gasteiger partial charge in [-0.05, 0) is 24.5 Å². The number of hydrogen-bond acceptors (Lipinski definition) is 2. The van der Waals surface area contributed by atoms with E-state index < -0.39 is 0 Å². The van der Waals surface area contributed by atoms with Crippen LogP contribution in [0.25, 0.3) is 0 Å². The molecule has 1 aliphatic heterocycles. The van der Waals surface area contributed by atoms with Crippen LogP contribution in [-0.2, 0) is 0 Å². The Morgan fingerprint density at radius 3 is 2.87 bits per heavy atom. The zero-order valence-electron chi connectivity index (χ0n) is 8.86. The number of nitrogens with zero attached hydrogens (tertiary/aromatic N) is 1. The van der Waals surface area contributed by atoms with Crippen molar-refractivity contribution in [2.24, 2.45) is 5.92 Å². The molecule has 2 rings (SSSR count). The van der Waals surface area contributed by atoms with Crippen LogP contribution in [-0.4, -0.2) is 22.4 Å². The van der Waals surface area contributed by atoms with Crippen LogP contribution in [0.3, 0.4) is 0 Å². The molecule has 0 saturated carbocycles. The Morgan fingerprint density at radius 2 is 2.20 bits per heavy atom.